The zero-order chi connectivity index (χ0) is 21.0. The molecule has 0 spiro atoms. The van der Waals surface area contributed by atoms with Crippen molar-refractivity contribution in [2.45, 2.75) is 24.4 Å². The van der Waals surface area contributed by atoms with Gasteiger partial charge >= 0.3 is 18.4 Å². The quantitative estimate of drug-likeness (QED) is 0.761. The van der Waals surface area contributed by atoms with Crippen LogP contribution in [0.1, 0.15) is 16.5 Å². The Morgan fingerprint density at radius 3 is 2.41 bits per heavy atom. The number of rotatable bonds is 5. The molecule has 0 bridgehead atoms. The lowest BCUT2D eigenvalue weighted by atomic mass is 10.1. The molecule has 0 radical (unpaired) electrons. The second kappa shape index (κ2) is 8.64. The van der Waals surface area contributed by atoms with Crippen LogP contribution in [-0.4, -0.2) is 40.2 Å². The van der Waals surface area contributed by atoms with Crippen LogP contribution in [0, 0.1) is 0 Å². The second-order valence-electron chi connectivity index (χ2n) is 6.07. The van der Waals surface area contributed by atoms with Crippen LogP contribution in [0.25, 0.3) is 0 Å². The number of carbonyl (C=O) groups is 2. The summed E-state index contributed by atoms with van der Waals surface area (Å²) in [5.41, 5.74) is 0.729. The van der Waals surface area contributed by atoms with Crippen LogP contribution < -0.4 is 4.74 Å². The zero-order valence-corrected chi connectivity index (χ0v) is 15.7. The Bertz CT molecular complexity index is 878. The number of hydrogen-bond acceptors (Lipinski definition) is 5. The molecule has 3 rings (SSSR count). The molecule has 1 amide bonds. The summed E-state index contributed by atoms with van der Waals surface area (Å²) < 4.78 is 47.5. The fourth-order valence-electron chi connectivity index (χ4n) is 2.86. The van der Waals surface area contributed by atoms with E-state index in [1.54, 1.807) is 30.3 Å². The fourth-order valence-corrected chi connectivity index (χ4v) is 4.29. The highest BCUT2D eigenvalue weighted by molar-refractivity contribution is 7.99. The van der Waals surface area contributed by atoms with Gasteiger partial charge < -0.3 is 14.6 Å². The molecule has 10 heteroatoms. The molecule has 0 saturated carbocycles. The number of alkyl halides is 3. The topological polar surface area (TPSA) is 76.1 Å². The highest BCUT2D eigenvalue weighted by atomic mass is 32.2. The first kappa shape index (κ1) is 20.8. The Labute approximate surface area is 168 Å². The Hall–Kier alpha value is -2.88. The van der Waals surface area contributed by atoms with Gasteiger partial charge in [-0.05, 0) is 11.6 Å². The number of nitrogens with zero attached hydrogens (tertiary/aromatic N) is 1. The van der Waals surface area contributed by atoms with Crippen LogP contribution in [0.2, 0.25) is 0 Å². The average molecular weight is 427 g/mol. The first-order chi connectivity index (χ1) is 13.8. The molecule has 6 nitrogen and oxygen atoms in total. The molecule has 1 N–H and O–H groups in total. The molecule has 1 heterocycles. The van der Waals surface area contributed by atoms with Crippen molar-refractivity contribution in [1.82, 2.24) is 4.90 Å². The minimum atomic E-state index is -4.93. The monoisotopic (exact) mass is 427 g/mol. The number of thioether (sulfide) groups is 1. The number of carbonyl (C=O) groups excluding carboxylic acids is 1. The van der Waals surface area contributed by atoms with E-state index in [1.165, 1.54) is 18.2 Å². The van der Waals surface area contributed by atoms with Gasteiger partial charge in [-0.15, -0.1) is 24.9 Å². The summed E-state index contributed by atoms with van der Waals surface area (Å²) in [4.78, 5) is 25.2. The van der Waals surface area contributed by atoms with Crippen LogP contribution in [0.3, 0.4) is 0 Å². The molecule has 0 aromatic heterocycles. The summed E-state index contributed by atoms with van der Waals surface area (Å²) in [5, 5.41) is 8.46. The van der Waals surface area contributed by atoms with E-state index in [2.05, 4.69) is 4.74 Å². The van der Waals surface area contributed by atoms with Gasteiger partial charge in [0, 0.05) is 11.3 Å². The van der Waals surface area contributed by atoms with Gasteiger partial charge in [-0.1, -0.05) is 48.5 Å². The molecule has 1 aliphatic rings. The van der Waals surface area contributed by atoms with Gasteiger partial charge in [0.25, 0.3) is 0 Å². The van der Waals surface area contributed by atoms with Crippen molar-refractivity contribution < 1.29 is 37.3 Å². The highest BCUT2D eigenvalue weighted by Gasteiger charge is 2.45. The third-order valence-electron chi connectivity index (χ3n) is 4.11. The lowest BCUT2D eigenvalue weighted by molar-refractivity contribution is -0.275. The van der Waals surface area contributed by atoms with E-state index in [9.17, 15) is 27.9 Å². The molecular weight excluding hydrogens is 411 g/mol. The number of amides is 1. The largest absolute Gasteiger partial charge is 0.573 e. The summed E-state index contributed by atoms with van der Waals surface area (Å²) in [5.74, 6) is -1.77. The predicted octanol–water partition coefficient (Wildman–Crippen LogP) is 4.42. The van der Waals surface area contributed by atoms with E-state index in [1.807, 2.05) is 0 Å². The van der Waals surface area contributed by atoms with E-state index in [4.69, 9.17) is 4.74 Å². The molecule has 2 atom stereocenters. The number of para-hydroxylation sites is 1. The fraction of sp³-hybridized carbons (Fsp3) is 0.263. The maximum absolute atomic E-state index is 12.7. The molecule has 1 fully saturated rings. The summed E-state index contributed by atoms with van der Waals surface area (Å²) in [6.45, 7) is -0.0966. The van der Waals surface area contributed by atoms with Gasteiger partial charge in [-0.25, -0.2) is 9.59 Å². The number of halogens is 3. The first-order valence-corrected chi connectivity index (χ1v) is 9.49. The molecular formula is C19H16F3NO5S. The molecule has 0 aliphatic carbocycles. The second-order valence-corrected chi connectivity index (χ2v) is 7.19. The molecule has 2 aromatic rings. The number of carboxylic acid groups (broad SMARTS) is 1. The van der Waals surface area contributed by atoms with Crippen LogP contribution in [0.15, 0.2) is 54.6 Å². The molecule has 154 valence electrons. The van der Waals surface area contributed by atoms with Gasteiger partial charge in [-0.3, -0.25) is 4.90 Å². The van der Waals surface area contributed by atoms with Crippen LogP contribution in [0.4, 0.5) is 18.0 Å². The van der Waals surface area contributed by atoms with E-state index in [0.29, 0.717) is 5.56 Å². The number of ether oxygens (including phenoxy) is 2. The summed E-state index contributed by atoms with van der Waals surface area (Å²) >= 11 is 1.03. The maximum atomic E-state index is 12.7. The molecule has 29 heavy (non-hydrogen) atoms. The van der Waals surface area contributed by atoms with Gasteiger partial charge in [0.05, 0.1) is 0 Å². The highest BCUT2D eigenvalue weighted by Crippen LogP contribution is 2.45. The van der Waals surface area contributed by atoms with Crippen LogP contribution in [0.5, 0.6) is 5.75 Å². The predicted molar refractivity (Wildman–Crippen MR) is 98.2 cm³/mol. The normalized spacial score (nSPS) is 19.1. The van der Waals surface area contributed by atoms with Crippen molar-refractivity contribution in [3.63, 3.8) is 0 Å². The van der Waals surface area contributed by atoms with E-state index in [0.717, 1.165) is 22.7 Å². The van der Waals surface area contributed by atoms with Gasteiger partial charge in [0.2, 0.25) is 0 Å². The van der Waals surface area contributed by atoms with E-state index in [-0.39, 0.29) is 17.9 Å². The van der Waals surface area contributed by atoms with Crippen LogP contribution in [-0.2, 0) is 16.1 Å². The first-order valence-electron chi connectivity index (χ1n) is 8.44. The van der Waals surface area contributed by atoms with Crippen LogP contribution >= 0.6 is 11.8 Å². The summed E-state index contributed by atoms with van der Waals surface area (Å²) in [6, 6.07) is 12.8. The van der Waals surface area contributed by atoms with E-state index < -0.39 is 35.6 Å². The van der Waals surface area contributed by atoms with Crippen molar-refractivity contribution in [2.75, 3.05) is 5.75 Å². The number of carboxylic acids is 1. The third kappa shape index (κ3) is 5.14. The summed E-state index contributed by atoms with van der Waals surface area (Å²) in [6.07, 6.45) is -5.86. The molecule has 1 aliphatic heterocycles. The standard InChI is InChI=1S/C19H16F3NO5S/c20-19(21,22)28-15-9-5-4-8-13(15)16-23(14(11-29-16)17(24)25)18(26)27-10-12-6-2-1-3-7-12/h1-9,14,16H,10-11H2,(H,24,25)/t14-,16?/m0/s1. The molecule has 2 aromatic carbocycles. The van der Waals surface area contributed by atoms with E-state index >= 15 is 0 Å². The SMILES string of the molecule is O=C(O)[C@@H]1CSC(c2ccccc2OC(F)(F)F)N1C(=O)OCc1ccccc1. The van der Waals surface area contributed by atoms with Gasteiger partial charge in [0.1, 0.15) is 23.8 Å². The lowest BCUT2D eigenvalue weighted by Gasteiger charge is -2.28. The van der Waals surface area contributed by atoms with Crippen molar-refractivity contribution in [3.05, 3.63) is 65.7 Å². The number of benzene rings is 2. The maximum Gasteiger partial charge on any atom is 0.573 e. The smallest absolute Gasteiger partial charge is 0.480 e. The Morgan fingerprint density at radius 1 is 1.10 bits per heavy atom. The van der Waals surface area contributed by atoms with Gasteiger partial charge in [-0.2, -0.15) is 0 Å². The Morgan fingerprint density at radius 2 is 1.76 bits per heavy atom. The van der Waals surface area contributed by atoms with Crippen molar-refractivity contribution >= 4 is 23.8 Å². The van der Waals surface area contributed by atoms with Gasteiger partial charge in [0.15, 0.2) is 0 Å². The lowest BCUT2D eigenvalue weighted by Crippen LogP contribution is -2.43. The summed E-state index contributed by atoms with van der Waals surface area (Å²) in [7, 11) is 0. The minimum absolute atomic E-state index is 0.000783. The Kier molecular flexibility index (Phi) is 6.21. The van der Waals surface area contributed by atoms with Crippen molar-refractivity contribution in [3.8, 4) is 5.75 Å². The van der Waals surface area contributed by atoms with Crippen molar-refractivity contribution in [1.29, 1.82) is 0 Å². The van der Waals surface area contributed by atoms with Crippen molar-refractivity contribution in [2.24, 2.45) is 0 Å². The third-order valence-corrected chi connectivity index (χ3v) is 5.42. The molecule has 1 saturated heterocycles. The molecule has 1 unspecified atom stereocenters. The number of hydrogen-bond donors (Lipinski definition) is 1. The zero-order valence-electron chi connectivity index (χ0n) is 14.8. The Balaban J connectivity index is 1.86. The average Bonchev–Trinajstić information content (AvgIpc) is 3.11. The minimum Gasteiger partial charge on any atom is -0.480 e. The number of aliphatic carboxylic acids is 1.